The van der Waals surface area contributed by atoms with Crippen molar-refractivity contribution in [3.8, 4) is 0 Å². The van der Waals surface area contributed by atoms with Gasteiger partial charge in [-0.3, -0.25) is 0 Å². The summed E-state index contributed by atoms with van der Waals surface area (Å²) in [5.41, 5.74) is 0. The van der Waals surface area contributed by atoms with Crippen LogP contribution < -0.4 is 5.32 Å². The minimum absolute atomic E-state index is 0.250. The van der Waals surface area contributed by atoms with Crippen LogP contribution in [0.3, 0.4) is 0 Å². The monoisotopic (exact) mass is 187 g/mol. The zero-order valence-electron chi connectivity index (χ0n) is 9.51. The Morgan fingerprint density at radius 2 is 1.85 bits per heavy atom. The lowest BCUT2D eigenvalue weighted by Crippen LogP contribution is -2.33. The van der Waals surface area contributed by atoms with Gasteiger partial charge in [0.2, 0.25) is 0 Å². The minimum Gasteiger partial charge on any atom is -0.397 e. The first-order valence-corrected chi connectivity index (χ1v) is 5.49. The highest BCUT2D eigenvalue weighted by atomic mass is 16.2. The zero-order valence-corrected chi connectivity index (χ0v) is 9.51. The van der Waals surface area contributed by atoms with Crippen LogP contribution in [0.5, 0.6) is 0 Å². The molecule has 1 fully saturated rings. The van der Waals surface area contributed by atoms with Crippen molar-refractivity contribution in [1.82, 2.24) is 5.32 Å². The van der Waals surface area contributed by atoms with Gasteiger partial charge in [-0.05, 0) is 38.6 Å². The molecule has 0 aromatic heterocycles. The predicted molar refractivity (Wildman–Crippen MR) is 57.8 cm³/mol. The maximum absolute atomic E-state index is 7.57. The molecule has 0 aromatic carbocycles. The van der Waals surface area contributed by atoms with Crippen LogP contribution in [-0.4, -0.2) is 24.8 Å². The second-order valence-corrected chi connectivity index (χ2v) is 3.85. The lowest BCUT2D eigenvalue weighted by molar-refractivity contribution is 0.318. The Morgan fingerprint density at radius 3 is 2.15 bits per heavy atom. The number of rotatable bonds is 2. The summed E-state index contributed by atoms with van der Waals surface area (Å²) in [6, 6.07) is 0.796. The van der Waals surface area contributed by atoms with E-state index in [2.05, 4.69) is 26.2 Å². The van der Waals surface area contributed by atoms with E-state index in [-0.39, 0.29) is 6.61 Å². The number of aliphatic hydroxyl groups is 1. The van der Waals surface area contributed by atoms with Gasteiger partial charge in [0.15, 0.2) is 0 Å². The van der Waals surface area contributed by atoms with Crippen molar-refractivity contribution < 1.29 is 5.11 Å². The first kappa shape index (κ1) is 12.9. The van der Waals surface area contributed by atoms with Gasteiger partial charge in [0.25, 0.3) is 0 Å². The molecular weight excluding hydrogens is 162 g/mol. The molecule has 0 radical (unpaired) electrons. The molecule has 0 aliphatic heterocycles. The largest absolute Gasteiger partial charge is 0.397 e. The summed E-state index contributed by atoms with van der Waals surface area (Å²) in [5.74, 6) is 1.84. The highest BCUT2D eigenvalue weighted by molar-refractivity contribution is 4.86. The SMILES string of the molecule is CCC1CCC(C)C1NC.CCO. The molecule has 0 amide bonds. The van der Waals surface area contributed by atoms with Crippen molar-refractivity contribution in [2.75, 3.05) is 13.7 Å². The van der Waals surface area contributed by atoms with Gasteiger partial charge in [-0.25, -0.2) is 0 Å². The molecule has 0 saturated heterocycles. The Bertz CT molecular complexity index is 117. The molecular formula is C11H25NO. The lowest BCUT2D eigenvalue weighted by atomic mass is 9.97. The van der Waals surface area contributed by atoms with Crippen molar-refractivity contribution in [1.29, 1.82) is 0 Å². The Kier molecular flexibility index (Phi) is 7.29. The summed E-state index contributed by atoms with van der Waals surface area (Å²) in [7, 11) is 2.09. The highest BCUT2D eigenvalue weighted by Crippen LogP contribution is 2.32. The third-order valence-electron chi connectivity index (χ3n) is 2.97. The summed E-state index contributed by atoms with van der Waals surface area (Å²) in [4.78, 5) is 0. The Balaban J connectivity index is 0.000000424. The van der Waals surface area contributed by atoms with Crippen molar-refractivity contribution in [2.24, 2.45) is 11.8 Å². The first-order chi connectivity index (χ1) is 6.21. The van der Waals surface area contributed by atoms with Gasteiger partial charge in [0, 0.05) is 12.6 Å². The smallest absolute Gasteiger partial charge is 0.0402 e. The molecule has 0 spiro atoms. The van der Waals surface area contributed by atoms with Gasteiger partial charge in [-0.2, -0.15) is 0 Å². The normalized spacial score (nSPS) is 32.5. The molecule has 2 N–H and O–H groups in total. The van der Waals surface area contributed by atoms with E-state index in [0.717, 1.165) is 17.9 Å². The quantitative estimate of drug-likeness (QED) is 0.693. The highest BCUT2D eigenvalue weighted by Gasteiger charge is 2.30. The van der Waals surface area contributed by atoms with Gasteiger partial charge in [-0.15, -0.1) is 0 Å². The van der Waals surface area contributed by atoms with E-state index in [1.165, 1.54) is 19.3 Å². The van der Waals surface area contributed by atoms with Crippen molar-refractivity contribution >= 4 is 0 Å². The van der Waals surface area contributed by atoms with Crippen LogP contribution in [-0.2, 0) is 0 Å². The second-order valence-electron chi connectivity index (χ2n) is 3.85. The topological polar surface area (TPSA) is 32.3 Å². The van der Waals surface area contributed by atoms with Gasteiger partial charge in [0.05, 0.1) is 0 Å². The van der Waals surface area contributed by atoms with Crippen LogP contribution in [0, 0.1) is 11.8 Å². The van der Waals surface area contributed by atoms with Gasteiger partial charge >= 0.3 is 0 Å². The molecule has 3 unspecified atom stereocenters. The molecule has 1 rings (SSSR count). The average Bonchev–Trinajstić information content (AvgIpc) is 2.47. The molecule has 2 nitrogen and oxygen atoms in total. The summed E-state index contributed by atoms with van der Waals surface area (Å²) in [5, 5.41) is 11.0. The fraction of sp³-hybridized carbons (Fsp3) is 1.00. The maximum atomic E-state index is 7.57. The Labute approximate surface area is 82.7 Å². The van der Waals surface area contributed by atoms with Crippen molar-refractivity contribution in [2.45, 2.75) is 46.1 Å². The first-order valence-electron chi connectivity index (χ1n) is 5.49. The summed E-state index contributed by atoms with van der Waals surface area (Å²) >= 11 is 0. The fourth-order valence-corrected chi connectivity index (χ4v) is 2.28. The third kappa shape index (κ3) is 4.10. The molecule has 0 aromatic rings. The van der Waals surface area contributed by atoms with Gasteiger partial charge in [-0.1, -0.05) is 20.3 Å². The fourth-order valence-electron chi connectivity index (χ4n) is 2.28. The Hall–Kier alpha value is -0.0800. The van der Waals surface area contributed by atoms with Crippen LogP contribution in [0.25, 0.3) is 0 Å². The maximum Gasteiger partial charge on any atom is 0.0402 e. The lowest BCUT2D eigenvalue weighted by Gasteiger charge is -2.20. The average molecular weight is 187 g/mol. The molecule has 1 aliphatic carbocycles. The number of hydrogen-bond acceptors (Lipinski definition) is 2. The number of nitrogens with one attached hydrogen (secondary N) is 1. The minimum atomic E-state index is 0.250. The van der Waals surface area contributed by atoms with Gasteiger partial charge in [0.1, 0.15) is 0 Å². The van der Waals surface area contributed by atoms with E-state index >= 15 is 0 Å². The molecule has 2 heteroatoms. The molecule has 13 heavy (non-hydrogen) atoms. The standard InChI is InChI=1S/C9H19N.C2H6O/c1-4-8-6-5-7(2)9(8)10-3;1-2-3/h7-10H,4-6H2,1-3H3;3H,2H2,1H3. The summed E-state index contributed by atoms with van der Waals surface area (Å²) < 4.78 is 0. The van der Waals surface area contributed by atoms with E-state index in [9.17, 15) is 0 Å². The predicted octanol–water partition coefficient (Wildman–Crippen LogP) is 2.03. The summed E-state index contributed by atoms with van der Waals surface area (Å²) in [6.07, 6.45) is 4.20. The molecule has 1 saturated carbocycles. The van der Waals surface area contributed by atoms with Crippen LogP contribution in [0.15, 0.2) is 0 Å². The van der Waals surface area contributed by atoms with E-state index in [4.69, 9.17) is 5.11 Å². The molecule has 80 valence electrons. The van der Waals surface area contributed by atoms with Crippen LogP contribution >= 0.6 is 0 Å². The zero-order chi connectivity index (χ0) is 10.3. The summed E-state index contributed by atoms with van der Waals surface area (Å²) in [6.45, 7) is 6.59. The van der Waals surface area contributed by atoms with Crippen molar-refractivity contribution in [3.63, 3.8) is 0 Å². The van der Waals surface area contributed by atoms with Crippen molar-refractivity contribution in [3.05, 3.63) is 0 Å². The van der Waals surface area contributed by atoms with Gasteiger partial charge < -0.3 is 10.4 Å². The van der Waals surface area contributed by atoms with E-state index in [1.807, 2.05) is 0 Å². The van der Waals surface area contributed by atoms with Crippen LogP contribution in [0.1, 0.15) is 40.0 Å². The number of aliphatic hydroxyl groups excluding tert-OH is 1. The molecule has 3 atom stereocenters. The van der Waals surface area contributed by atoms with E-state index in [1.54, 1.807) is 6.92 Å². The second kappa shape index (κ2) is 7.34. The Morgan fingerprint density at radius 1 is 1.31 bits per heavy atom. The molecule has 0 heterocycles. The van der Waals surface area contributed by atoms with Crippen LogP contribution in [0.4, 0.5) is 0 Å². The molecule has 1 aliphatic rings. The molecule has 0 bridgehead atoms. The van der Waals surface area contributed by atoms with E-state index < -0.39 is 0 Å². The third-order valence-corrected chi connectivity index (χ3v) is 2.97. The van der Waals surface area contributed by atoms with E-state index in [0.29, 0.717) is 0 Å². The van der Waals surface area contributed by atoms with Crippen LogP contribution in [0.2, 0.25) is 0 Å². The number of hydrogen-bond donors (Lipinski definition) is 2.